The van der Waals surface area contributed by atoms with Crippen molar-refractivity contribution in [2.45, 2.75) is 6.92 Å². The Morgan fingerprint density at radius 2 is 1.72 bits per heavy atom. The molecule has 0 bridgehead atoms. The van der Waals surface area contributed by atoms with Crippen LogP contribution >= 0.6 is 23.6 Å². The monoisotopic (exact) mass is 463 g/mol. The number of hydrogen-bond acceptors (Lipinski definition) is 6. The summed E-state index contributed by atoms with van der Waals surface area (Å²) in [5.74, 6) is 0.681. The van der Waals surface area contributed by atoms with Gasteiger partial charge in [0.15, 0.2) is 5.11 Å². The molecule has 0 unspecified atom stereocenters. The maximum Gasteiger partial charge on any atom is 0.257 e. The molecule has 0 aliphatic heterocycles. The molecule has 6 nitrogen and oxygen atoms in total. The zero-order valence-electron chi connectivity index (χ0n) is 17.8. The fraction of sp³-hybridized carbons (Fsp3) is 0.125. The van der Waals surface area contributed by atoms with E-state index in [0.717, 1.165) is 32.0 Å². The van der Waals surface area contributed by atoms with Crippen LogP contribution in [0.5, 0.6) is 11.5 Å². The van der Waals surface area contributed by atoms with Crippen molar-refractivity contribution in [3.8, 4) is 22.1 Å². The number of para-hydroxylation sites is 1. The van der Waals surface area contributed by atoms with E-state index in [1.54, 1.807) is 29.5 Å². The topological polar surface area (TPSA) is 72.5 Å². The highest BCUT2D eigenvalue weighted by atomic mass is 32.1. The number of aromatic nitrogens is 1. The molecule has 4 aromatic rings. The van der Waals surface area contributed by atoms with Gasteiger partial charge in [0.05, 0.1) is 24.4 Å². The lowest BCUT2D eigenvalue weighted by Gasteiger charge is -2.14. The molecule has 0 saturated carbocycles. The second-order valence-electron chi connectivity index (χ2n) is 6.97. The Labute approximate surface area is 195 Å². The number of fused-ring (bicyclic) bond motifs is 1. The van der Waals surface area contributed by atoms with Gasteiger partial charge in [0.1, 0.15) is 16.5 Å². The predicted molar refractivity (Wildman–Crippen MR) is 133 cm³/mol. The van der Waals surface area contributed by atoms with Gasteiger partial charge < -0.3 is 14.8 Å². The molecular weight excluding hydrogens is 442 g/mol. The molecule has 0 atom stereocenters. The van der Waals surface area contributed by atoms with E-state index in [1.807, 2.05) is 43.3 Å². The van der Waals surface area contributed by atoms with Crippen LogP contribution in [0.15, 0.2) is 60.7 Å². The SMILES string of the molecule is COc1cc(OC)cc(C(=O)NC(=S)Nc2cccc(-c3nc4ccccc4s3)c2C)c1. The number of amides is 1. The Kier molecular flexibility index (Phi) is 6.34. The molecular formula is C24H21N3O3S2. The largest absolute Gasteiger partial charge is 0.497 e. The van der Waals surface area contributed by atoms with Crippen LogP contribution in [0.1, 0.15) is 15.9 Å². The lowest BCUT2D eigenvalue weighted by molar-refractivity contribution is 0.0977. The molecule has 162 valence electrons. The standard InChI is InChI=1S/C24H21N3O3S2/c1-14-18(23-25-20-8-4-5-10-21(20)32-23)7-6-9-19(14)26-24(31)27-22(28)15-11-16(29-2)13-17(12-15)30-3/h4-13H,1-3H3,(H2,26,27,28,31). The van der Waals surface area contributed by atoms with Crippen molar-refractivity contribution in [2.24, 2.45) is 0 Å². The molecule has 1 aromatic heterocycles. The molecule has 0 radical (unpaired) electrons. The van der Waals surface area contributed by atoms with Gasteiger partial charge in [-0.2, -0.15) is 0 Å². The van der Waals surface area contributed by atoms with E-state index in [9.17, 15) is 4.79 Å². The number of anilines is 1. The van der Waals surface area contributed by atoms with E-state index >= 15 is 0 Å². The Balaban J connectivity index is 1.52. The third-order valence-corrected chi connectivity index (χ3v) is 6.22. The number of nitrogens with one attached hydrogen (secondary N) is 2. The van der Waals surface area contributed by atoms with Gasteiger partial charge >= 0.3 is 0 Å². The van der Waals surface area contributed by atoms with Crippen molar-refractivity contribution in [1.29, 1.82) is 0 Å². The van der Waals surface area contributed by atoms with Crippen molar-refractivity contribution in [2.75, 3.05) is 19.5 Å². The number of thiocarbonyl (C=S) groups is 1. The number of nitrogens with zero attached hydrogens (tertiary/aromatic N) is 1. The van der Waals surface area contributed by atoms with Gasteiger partial charge in [0.2, 0.25) is 0 Å². The van der Waals surface area contributed by atoms with Crippen LogP contribution < -0.4 is 20.1 Å². The molecule has 1 heterocycles. The number of benzene rings is 3. The normalized spacial score (nSPS) is 10.6. The smallest absolute Gasteiger partial charge is 0.257 e. The van der Waals surface area contributed by atoms with Crippen LogP contribution in [0.4, 0.5) is 5.69 Å². The van der Waals surface area contributed by atoms with Gasteiger partial charge in [-0.15, -0.1) is 11.3 Å². The molecule has 0 aliphatic carbocycles. The van der Waals surface area contributed by atoms with Gasteiger partial charge in [0, 0.05) is 22.9 Å². The molecule has 4 rings (SSSR count). The van der Waals surface area contributed by atoms with Gasteiger partial charge in [0.25, 0.3) is 5.91 Å². The molecule has 0 aliphatic rings. The summed E-state index contributed by atoms with van der Waals surface area (Å²) in [5.41, 5.74) is 4.16. The van der Waals surface area contributed by atoms with Crippen LogP contribution in [0.2, 0.25) is 0 Å². The number of thiazole rings is 1. The first-order valence-corrected chi connectivity index (χ1v) is 11.0. The summed E-state index contributed by atoms with van der Waals surface area (Å²) in [6.45, 7) is 2.00. The summed E-state index contributed by atoms with van der Waals surface area (Å²) in [5, 5.41) is 6.97. The summed E-state index contributed by atoms with van der Waals surface area (Å²) >= 11 is 7.03. The molecule has 32 heavy (non-hydrogen) atoms. The van der Waals surface area contributed by atoms with Gasteiger partial charge in [-0.05, 0) is 55.0 Å². The van der Waals surface area contributed by atoms with E-state index in [-0.39, 0.29) is 11.0 Å². The van der Waals surface area contributed by atoms with E-state index in [4.69, 9.17) is 26.7 Å². The average molecular weight is 464 g/mol. The second kappa shape index (κ2) is 9.33. The van der Waals surface area contributed by atoms with Crippen molar-refractivity contribution in [3.05, 3.63) is 71.8 Å². The number of ether oxygens (including phenoxy) is 2. The Bertz CT molecular complexity index is 1260. The molecule has 1 amide bonds. The number of rotatable bonds is 5. The number of methoxy groups -OCH3 is 2. The van der Waals surface area contributed by atoms with Crippen LogP contribution in [0.3, 0.4) is 0 Å². The lowest BCUT2D eigenvalue weighted by atomic mass is 10.1. The first-order chi connectivity index (χ1) is 15.5. The fourth-order valence-corrected chi connectivity index (χ4v) is 4.51. The maximum atomic E-state index is 12.7. The highest BCUT2D eigenvalue weighted by molar-refractivity contribution is 7.80. The maximum absolute atomic E-state index is 12.7. The average Bonchev–Trinajstić information content (AvgIpc) is 3.24. The third-order valence-electron chi connectivity index (χ3n) is 4.95. The zero-order chi connectivity index (χ0) is 22.7. The first kappa shape index (κ1) is 21.7. The van der Waals surface area contributed by atoms with Gasteiger partial charge in [-0.3, -0.25) is 10.1 Å². The quantitative estimate of drug-likeness (QED) is 0.385. The molecule has 3 aromatic carbocycles. The molecule has 0 spiro atoms. The fourth-order valence-electron chi connectivity index (χ4n) is 3.26. The molecule has 0 fully saturated rings. The van der Waals surface area contributed by atoms with Crippen molar-refractivity contribution in [1.82, 2.24) is 10.3 Å². The number of hydrogen-bond donors (Lipinski definition) is 2. The molecule has 2 N–H and O–H groups in total. The Hall–Kier alpha value is -3.49. The first-order valence-electron chi connectivity index (χ1n) is 9.79. The van der Waals surface area contributed by atoms with Crippen LogP contribution in [0.25, 0.3) is 20.8 Å². The van der Waals surface area contributed by atoms with Crippen molar-refractivity contribution >= 4 is 50.5 Å². The van der Waals surface area contributed by atoms with E-state index in [2.05, 4.69) is 16.7 Å². The van der Waals surface area contributed by atoms with Crippen molar-refractivity contribution < 1.29 is 14.3 Å². The van der Waals surface area contributed by atoms with E-state index in [1.165, 1.54) is 14.2 Å². The summed E-state index contributed by atoms with van der Waals surface area (Å²) in [7, 11) is 3.06. The highest BCUT2D eigenvalue weighted by Crippen LogP contribution is 2.34. The minimum absolute atomic E-state index is 0.196. The van der Waals surface area contributed by atoms with Crippen LogP contribution in [-0.2, 0) is 0 Å². The lowest BCUT2D eigenvalue weighted by Crippen LogP contribution is -2.34. The Morgan fingerprint density at radius 3 is 2.41 bits per heavy atom. The van der Waals surface area contributed by atoms with Gasteiger partial charge in [-0.25, -0.2) is 4.98 Å². The zero-order valence-corrected chi connectivity index (χ0v) is 19.4. The summed E-state index contributed by atoms with van der Waals surface area (Å²) in [6.07, 6.45) is 0. The summed E-state index contributed by atoms with van der Waals surface area (Å²) in [6, 6.07) is 18.9. The molecule has 8 heteroatoms. The number of carbonyl (C=O) groups excluding carboxylic acids is 1. The summed E-state index contributed by atoms with van der Waals surface area (Å²) in [4.78, 5) is 17.4. The minimum atomic E-state index is -0.361. The number of carbonyl (C=O) groups is 1. The second-order valence-corrected chi connectivity index (χ2v) is 8.41. The van der Waals surface area contributed by atoms with Crippen LogP contribution in [0, 0.1) is 6.92 Å². The van der Waals surface area contributed by atoms with E-state index in [0.29, 0.717) is 17.1 Å². The van der Waals surface area contributed by atoms with Crippen LogP contribution in [-0.4, -0.2) is 30.2 Å². The Morgan fingerprint density at radius 1 is 1.00 bits per heavy atom. The van der Waals surface area contributed by atoms with Gasteiger partial charge in [-0.1, -0.05) is 24.3 Å². The molecule has 0 saturated heterocycles. The van der Waals surface area contributed by atoms with E-state index < -0.39 is 0 Å². The predicted octanol–water partition coefficient (Wildman–Crippen LogP) is 5.42. The minimum Gasteiger partial charge on any atom is -0.497 e. The van der Waals surface area contributed by atoms with Crippen molar-refractivity contribution in [3.63, 3.8) is 0 Å². The summed E-state index contributed by atoms with van der Waals surface area (Å²) < 4.78 is 11.6. The highest BCUT2D eigenvalue weighted by Gasteiger charge is 2.14. The third kappa shape index (κ3) is 4.56.